The van der Waals surface area contributed by atoms with Crippen LogP contribution in [0.4, 0.5) is 5.69 Å². The average molecular weight is 630 g/mol. The molecule has 1 aromatic heterocycles. The smallest absolute Gasteiger partial charge is 0.325 e. The first kappa shape index (κ1) is 29.2. The quantitative estimate of drug-likeness (QED) is 0.148. The van der Waals surface area contributed by atoms with Crippen molar-refractivity contribution in [3.05, 3.63) is 64.4 Å². The molecule has 2 heterocycles. The molecule has 3 aromatic rings. The van der Waals surface area contributed by atoms with Gasteiger partial charge in [-0.15, -0.1) is 0 Å². The zero-order valence-corrected chi connectivity index (χ0v) is 24.7. The third-order valence-electron chi connectivity index (χ3n) is 6.16. The molecule has 1 saturated heterocycles. The monoisotopic (exact) mass is 628 g/mol. The van der Waals surface area contributed by atoms with Gasteiger partial charge in [0.2, 0.25) is 5.91 Å². The number of nitrogens with one attached hydrogen (secondary N) is 1. The largest absolute Gasteiger partial charge is 0.494 e. The third-order valence-corrected chi connectivity index (χ3v) is 7.06. The Kier molecular flexibility index (Phi) is 9.56. The van der Waals surface area contributed by atoms with Gasteiger partial charge in [0.05, 0.1) is 26.0 Å². The summed E-state index contributed by atoms with van der Waals surface area (Å²) in [5.74, 6) is -0.461. The second-order valence-electron chi connectivity index (χ2n) is 8.76. The summed E-state index contributed by atoms with van der Waals surface area (Å²) in [5.41, 5.74) is 2.21. The van der Waals surface area contributed by atoms with Gasteiger partial charge in [0.1, 0.15) is 24.5 Å². The molecule has 1 aliphatic heterocycles. The summed E-state index contributed by atoms with van der Waals surface area (Å²) in [6.45, 7) is 3.03. The second-order valence-corrected chi connectivity index (χ2v) is 10.0. The van der Waals surface area contributed by atoms with Crippen molar-refractivity contribution >= 4 is 73.7 Å². The van der Waals surface area contributed by atoms with Gasteiger partial charge in [-0.1, -0.05) is 15.9 Å². The fourth-order valence-electron chi connectivity index (χ4n) is 4.31. The van der Waals surface area contributed by atoms with Crippen molar-refractivity contribution in [2.24, 2.45) is 0 Å². The number of halogens is 1. The molecule has 0 saturated carbocycles. The van der Waals surface area contributed by atoms with E-state index in [1.165, 1.54) is 16.9 Å². The zero-order chi connectivity index (χ0) is 28.8. The summed E-state index contributed by atoms with van der Waals surface area (Å²) in [5, 5.41) is 3.77. The predicted octanol–water partition coefficient (Wildman–Crippen LogP) is 3.71. The summed E-state index contributed by atoms with van der Waals surface area (Å²) in [4.78, 5) is 41.5. The third kappa shape index (κ3) is 6.35. The lowest BCUT2D eigenvalue weighted by molar-refractivity contribution is -0.140. The van der Waals surface area contributed by atoms with E-state index in [9.17, 15) is 14.4 Å². The molecule has 210 valence electrons. The van der Waals surface area contributed by atoms with Crippen LogP contribution in [-0.2, 0) is 30.4 Å². The van der Waals surface area contributed by atoms with Gasteiger partial charge < -0.3 is 29.0 Å². The van der Waals surface area contributed by atoms with Crippen LogP contribution in [0, 0.1) is 0 Å². The van der Waals surface area contributed by atoms with Gasteiger partial charge in [0.15, 0.2) is 5.11 Å². The first-order chi connectivity index (χ1) is 19.3. The van der Waals surface area contributed by atoms with Crippen molar-refractivity contribution in [1.82, 2.24) is 14.8 Å². The Morgan fingerprint density at radius 2 is 1.85 bits per heavy atom. The van der Waals surface area contributed by atoms with Gasteiger partial charge >= 0.3 is 5.97 Å². The summed E-state index contributed by atoms with van der Waals surface area (Å²) >= 11 is 9.18. The maximum absolute atomic E-state index is 13.8. The molecule has 40 heavy (non-hydrogen) atoms. The van der Waals surface area contributed by atoms with E-state index in [1.807, 2.05) is 29.7 Å². The predicted molar refractivity (Wildman–Crippen MR) is 159 cm³/mol. The van der Waals surface area contributed by atoms with E-state index in [1.54, 1.807) is 43.6 Å². The van der Waals surface area contributed by atoms with Crippen molar-refractivity contribution < 1.29 is 28.6 Å². The van der Waals surface area contributed by atoms with Crippen LogP contribution in [0.1, 0.15) is 12.5 Å². The van der Waals surface area contributed by atoms with Crippen LogP contribution in [-0.4, -0.2) is 72.9 Å². The van der Waals surface area contributed by atoms with Gasteiger partial charge in [-0.3, -0.25) is 19.3 Å². The Morgan fingerprint density at radius 3 is 2.52 bits per heavy atom. The number of methoxy groups -OCH3 is 2. The number of ether oxygens (including phenoxy) is 3. The van der Waals surface area contributed by atoms with E-state index in [2.05, 4.69) is 21.2 Å². The molecule has 0 radical (unpaired) electrons. The molecular formula is C28H29BrN4O6S. The highest BCUT2D eigenvalue weighted by Crippen LogP contribution is 2.33. The van der Waals surface area contributed by atoms with E-state index in [0.717, 1.165) is 15.4 Å². The molecule has 2 aromatic carbocycles. The Hall–Kier alpha value is -3.74. The van der Waals surface area contributed by atoms with Gasteiger partial charge in [-0.25, -0.2) is 0 Å². The number of hydrogen-bond acceptors (Lipinski definition) is 7. The van der Waals surface area contributed by atoms with Crippen LogP contribution < -0.4 is 15.0 Å². The molecule has 2 amide bonds. The summed E-state index contributed by atoms with van der Waals surface area (Å²) < 4.78 is 18.0. The van der Waals surface area contributed by atoms with Crippen LogP contribution in [0.2, 0.25) is 0 Å². The lowest BCUT2D eigenvalue weighted by Gasteiger charge is -2.19. The van der Waals surface area contributed by atoms with Crippen LogP contribution in [0.25, 0.3) is 17.0 Å². The molecule has 1 aliphatic rings. The molecule has 1 fully saturated rings. The van der Waals surface area contributed by atoms with Crippen molar-refractivity contribution in [1.29, 1.82) is 0 Å². The Labute approximate surface area is 245 Å². The van der Waals surface area contributed by atoms with E-state index in [-0.39, 0.29) is 29.8 Å². The number of aromatic nitrogens is 1. The number of fused-ring (bicyclic) bond motifs is 1. The Bertz CT molecular complexity index is 1470. The van der Waals surface area contributed by atoms with Crippen LogP contribution in [0.3, 0.4) is 0 Å². The minimum absolute atomic E-state index is 0.0710. The number of benzene rings is 2. The number of nitrogens with zero attached hydrogens (tertiary/aromatic N) is 3. The highest BCUT2D eigenvalue weighted by atomic mass is 79.9. The summed E-state index contributed by atoms with van der Waals surface area (Å²) in [6.07, 6.45) is 3.48. The van der Waals surface area contributed by atoms with E-state index in [0.29, 0.717) is 36.8 Å². The van der Waals surface area contributed by atoms with Gasteiger partial charge in [-0.2, -0.15) is 0 Å². The topological polar surface area (TPSA) is 102 Å². The number of rotatable bonds is 11. The Balaban J connectivity index is 1.75. The number of carbonyl (C=O) groups is 3. The second kappa shape index (κ2) is 13.1. The molecule has 0 atom stereocenters. The number of anilines is 1. The van der Waals surface area contributed by atoms with Crippen LogP contribution in [0.5, 0.6) is 5.75 Å². The van der Waals surface area contributed by atoms with E-state index in [4.69, 9.17) is 26.4 Å². The first-order valence-corrected chi connectivity index (χ1v) is 13.7. The number of hydrogen-bond donors (Lipinski definition) is 1. The highest BCUT2D eigenvalue weighted by molar-refractivity contribution is 9.10. The fourth-order valence-corrected chi connectivity index (χ4v) is 5.02. The van der Waals surface area contributed by atoms with Gasteiger partial charge in [0, 0.05) is 40.8 Å². The maximum Gasteiger partial charge on any atom is 0.325 e. The lowest BCUT2D eigenvalue weighted by Crippen LogP contribution is -2.35. The van der Waals surface area contributed by atoms with E-state index < -0.39 is 11.9 Å². The molecule has 12 heteroatoms. The standard InChI is InChI=1S/C28H29BrN4O6S/c1-4-39-21-8-6-20(7-9-21)33-27(36)24(32(28(33)40)17-26(35)38-3)13-18-15-31(16-25(34)30-11-12-37-2)23-10-5-19(29)14-22(18)23/h5-10,13-15H,4,11-12,16-17H2,1-3H3,(H,30,34)/b24-13-. The molecule has 4 rings (SSSR count). The summed E-state index contributed by atoms with van der Waals surface area (Å²) in [6, 6.07) is 12.7. The first-order valence-electron chi connectivity index (χ1n) is 12.5. The molecule has 0 spiro atoms. The SMILES string of the molecule is CCOc1ccc(N2C(=O)/C(=C/c3cn(CC(=O)NCCOC)c4ccc(Br)cc34)N(CC(=O)OC)C2=S)cc1. The molecule has 0 aliphatic carbocycles. The number of carbonyl (C=O) groups excluding carboxylic acids is 3. The normalized spacial score (nSPS) is 14.3. The van der Waals surface area contributed by atoms with Crippen LogP contribution >= 0.6 is 28.1 Å². The van der Waals surface area contributed by atoms with Crippen molar-refractivity contribution in [3.8, 4) is 5.75 Å². The highest BCUT2D eigenvalue weighted by Gasteiger charge is 2.40. The van der Waals surface area contributed by atoms with Crippen LogP contribution in [0.15, 0.2) is 58.8 Å². The number of thiocarbonyl (C=S) groups is 1. The molecule has 1 N–H and O–H groups in total. The molecule has 0 unspecified atom stereocenters. The van der Waals surface area contributed by atoms with E-state index >= 15 is 0 Å². The van der Waals surface area contributed by atoms with Crippen molar-refractivity contribution in [2.45, 2.75) is 13.5 Å². The molecule has 0 bridgehead atoms. The minimum atomic E-state index is -0.549. The van der Waals surface area contributed by atoms with Crippen molar-refractivity contribution in [3.63, 3.8) is 0 Å². The van der Waals surface area contributed by atoms with Gasteiger partial charge in [-0.05, 0) is 67.7 Å². The number of esters is 1. The Morgan fingerprint density at radius 1 is 1.10 bits per heavy atom. The summed E-state index contributed by atoms with van der Waals surface area (Å²) in [7, 11) is 2.85. The molecule has 10 nitrogen and oxygen atoms in total. The fraction of sp³-hybridized carbons (Fsp3) is 0.286. The zero-order valence-electron chi connectivity index (χ0n) is 22.3. The maximum atomic E-state index is 13.8. The molecular weight excluding hydrogens is 600 g/mol. The van der Waals surface area contributed by atoms with Crippen molar-refractivity contribution in [2.75, 3.05) is 45.4 Å². The average Bonchev–Trinajstić information content (AvgIpc) is 3.38. The lowest BCUT2D eigenvalue weighted by atomic mass is 10.1. The minimum Gasteiger partial charge on any atom is -0.494 e. The van der Waals surface area contributed by atoms with Gasteiger partial charge in [0.25, 0.3) is 5.91 Å². The number of amides is 2.